The van der Waals surface area contributed by atoms with Crippen LogP contribution in [0.1, 0.15) is 24.0 Å². The number of aliphatic hydroxyl groups is 1. The van der Waals surface area contributed by atoms with Gasteiger partial charge in [-0.05, 0) is 43.4 Å². The van der Waals surface area contributed by atoms with Gasteiger partial charge in [0, 0.05) is 5.56 Å². The molecule has 1 aliphatic carbocycles. The van der Waals surface area contributed by atoms with Gasteiger partial charge in [0.25, 0.3) is 0 Å². The first-order valence-electron chi connectivity index (χ1n) is 5.23. The molecule has 0 spiro atoms. The van der Waals surface area contributed by atoms with Crippen LogP contribution in [0, 0.1) is 12.8 Å². The highest BCUT2D eigenvalue weighted by Crippen LogP contribution is 2.34. The van der Waals surface area contributed by atoms with Gasteiger partial charge in [-0.2, -0.15) is 0 Å². The Bertz CT molecular complexity index is 359. The molecule has 0 aliphatic heterocycles. The van der Waals surface area contributed by atoms with Crippen LogP contribution >= 0.6 is 11.6 Å². The Morgan fingerprint density at radius 2 is 2.20 bits per heavy atom. The first-order valence-corrected chi connectivity index (χ1v) is 5.61. The van der Waals surface area contributed by atoms with Gasteiger partial charge in [-0.1, -0.05) is 11.6 Å². The van der Waals surface area contributed by atoms with Crippen LogP contribution < -0.4 is 4.74 Å². The fourth-order valence-electron chi connectivity index (χ4n) is 1.57. The van der Waals surface area contributed by atoms with Crippen LogP contribution in [0.25, 0.3) is 0 Å². The molecule has 0 aromatic heterocycles. The molecule has 3 heteroatoms. The summed E-state index contributed by atoms with van der Waals surface area (Å²) in [5, 5.41) is 9.81. The van der Waals surface area contributed by atoms with Crippen molar-refractivity contribution in [1.82, 2.24) is 0 Å². The minimum atomic E-state index is -0.0264. The Labute approximate surface area is 94.8 Å². The number of ether oxygens (including phenoxy) is 1. The van der Waals surface area contributed by atoms with Crippen LogP contribution in [-0.2, 0) is 6.61 Å². The van der Waals surface area contributed by atoms with E-state index in [1.807, 2.05) is 19.1 Å². The van der Waals surface area contributed by atoms with E-state index in [4.69, 9.17) is 16.3 Å². The smallest absolute Gasteiger partial charge is 0.143 e. The van der Waals surface area contributed by atoms with Crippen molar-refractivity contribution in [3.05, 3.63) is 28.3 Å². The molecule has 1 aliphatic rings. The fourth-order valence-corrected chi connectivity index (χ4v) is 1.91. The average Bonchev–Trinajstić information content (AvgIpc) is 2.99. The maximum atomic E-state index is 9.21. The lowest BCUT2D eigenvalue weighted by Crippen LogP contribution is -2.03. The second-order valence-electron chi connectivity index (χ2n) is 4.15. The quantitative estimate of drug-likeness (QED) is 0.856. The Morgan fingerprint density at radius 1 is 1.47 bits per heavy atom. The third-order valence-corrected chi connectivity index (χ3v) is 2.88. The second kappa shape index (κ2) is 4.42. The van der Waals surface area contributed by atoms with E-state index in [0.29, 0.717) is 16.7 Å². The summed E-state index contributed by atoms with van der Waals surface area (Å²) < 4.78 is 5.65. The molecule has 15 heavy (non-hydrogen) atoms. The molecule has 82 valence electrons. The average molecular weight is 227 g/mol. The largest absolute Gasteiger partial charge is 0.491 e. The number of hydrogen-bond donors (Lipinski definition) is 1. The summed E-state index contributed by atoms with van der Waals surface area (Å²) in [6.07, 6.45) is 2.50. The molecule has 0 saturated heterocycles. The number of benzene rings is 1. The molecular formula is C12H15ClO2. The maximum Gasteiger partial charge on any atom is 0.143 e. The van der Waals surface area contributed by atoms with Crippen molar-refractivity contribution in [3.8, 4) is 5.75 Å². The van der Waals surface area contributed by atoms with Gasteiger partial charge < -0.3 is 9.84 Å². The van der Waals surface area contributed by atoms with E-state index in [9.17, 15) is 5.11 Å². The summed E-state index contributed by atoms with van der Waals surface area (Å²) in [4.78, 5) is 0. The molecule has 2 nitrogen and oxygen atoms in total. The number of halogens is 1. The molecule has 0 amide bonds. The lowest BCUT2D eigenvalue weighted by molar-refractivity contribution is 0.258. The van der Waals surface area contributed by atoms with Gasteiger partial charge in [-0.15, -0.1) is 0 Å². The van der Waals surface area contributed by atoms with Gasteiger partial charge in [0.1, 0.15) is 5.75 Å². The summed E-state index contributed by atoms with van der Waals surface area (Å²) >= 11 is 6.08. The van der Waals surface area contributed by atoms with Crippen LogP contribution in [0.3, 0.4) is 0 Å². The lowest BCUT2D eigenvalue weighted by atomic mass is 10.1. The molecule has 1 aromatic rings. The van der Waals surface area contributed by atoms with Crippen molar-refractivity contribution in [2.75, 3.05) is 6.61 Å². The zero-order chi connectivity index (χ0) is 10.8. The number of hydrogen-bond acceptors (Lipinski definition) is 2. The van der Waals surface area contributed by atoms with Crippen molar-refractivity contribution >= 4 is 11.6 Å². The minimum absolute atomic E-state index is 0.0264. The topological polar surface area (TPSA) is 29.5 Å². The summed E-state index contributed by atoms with van der Waals surface area (Å²) in [6, 6.07) is 3.77. The van der Waals surface area contributed by atoms with Crippen LogP contribution in [0.15, 0.2) is 12.1 Å². The first kappa shape index (κ1) is 10.8. The van der Waals surface area contributed by atoms with Crippen molar-refractivity contribution in [2.24, 2.45) is 5.92 Å². The van der Waals surface area contributed by atoms with Crippen molar-refractivity contribution in [3.63, 3.8) is 0 Å². The molecule has 0 radical (unpaired) electrons. The zero-order valence-corrected chi connectivity index (χ0v) is 9.55. The Balaban J connectivity index is 2.17. The van der Waals surface area contributed by atoms with E-state index in [-0.39, 0.29) is 6.61 Å². The molecule has 0 unspecified atom stereocenters. The standard InChI is InChI=1S/C12H15ClO2/c1-8-4-10(6-14)12(11(13)5-8)15-7-9-2-3-9/h4-5,9,14H,2-3,6-7H2,1H3. The van der Waals surface area contributed by atoms with E-state index in [1.165, 1.54) is 12.8 Å². The zero-order valence-electron chi connectivity index (χ0n) is 8.79. The maximum absolute atomic E-state index is 9.21. The number of aliphatic hydroxyl groups excluding tert-OH is 1. The Morgan fingerprint density at radius 3 is 2.80 bits per heavy atom. The van der Waals surface area contributed by atoms with Crippen LogP contribution in [0.2, 0.25) is 5.02 Å². The van der Waals surface area contributed by atoms with Crippen molar-refractivity contribution in [2.45, 2.75) is 26.4 Å². The van der Waals surface area contributed by atoms with Crippen LogP contribution in [0.4, 0.5) is 0 Å². The van der Waals surface area contributed by atoms with Gasteiger partial charge in [-0.3, -0.25) is 0 Å². The van der Waals surface area contributed by atoms with Gasteiger partial charge in [-0.25, -0.2) is 0 Å². The van der Waals surface area contributed by atoms with E-state index in [0.717, 1.165) is 17.7 Å². The highest BCUT2D eigenvalue weighted by molar-refractivity contribution is 6.32. The molecule has 1 saturated carbocycles. The molecule has 1 aromatic carbocycles. The van der Waals surface area contributed by atoms with E-state index >= 15 is 0 Å². The number of rotatable bonds is 4. The second-order valence-corrected chi connectivity index (χ2v) is 4.55. The summed E-state index contributed by atoms with van der Waals surface area (Å²) in [5.41, 5.74) is 1.82. The SMILES string of the molecule is Cc1cc(Cl)c(OCC2CC2)c(CO)c1. The van der Waals surface area contributed by atoms with Crippen molar-refractivity contribution in [1.29, 1.82) is 0 Å². The van der Waals surface area contributed by atoms with E-state index in [2.05, 4.69) is 0 Å². The predicted octanol–water partition coefficient (Wildman–Crippen LogP) is 2.93. The first-order chi connectivity index (χ1) is 7.20. The molecule has 1 N–H and O–H groups in total. The predicted molar refractivity (Wildman–Crippen MR) is 60.3 cm³/mol. The van der Waals surface area contributed by atoms with E-state index < -0.39 is 0 Å². The van der Waals surface area contributed by atoms with Gasteiger partial charge in [0.15, 0.2) is 0 Å². The van der Waals surface area contributed by atoms with Crippen molar-refractivity contribution < 1.29 is 9.84 Å². The minimum Gasteiger partial charge on any atom is -0.491 e. The Kier molecular flexibility index (Phi) is 3.17. The highest BCUT2D eigenvalue weighted by Gasteiger charge is 2.23. The third-order valence-electron chi connectivity index (χ3n) is 2.60. The molecule has 1 fully saturated rings. The van der Waals surface area contributed by atoms with Gasteiger partial charge in [0.2, 0.25) is 0 Å². The molecule has 2 rings (SSSR count). The van der Waals surface area contributed by atoms with Crippen LogP contribution in [-0.4, -0.2) is 11.7 Å². The van der Waals surface area contributed by atoms with Gasteiger partial charge in [0.05, 0.1) is 18.2 Å². The van der Waals surface area contributed by atoms with E-state index in [1.54, 1.807) is 0 Å². The molecule has 0 heterocycles. The fraction of sp³-hybridized carbons (Fsp3) is 0.500. The molecular weight excluding hydrogens is 212 g/mol. The summed E-state index contributed by atoms with van der Waals surface area (Å²) in [5.74, 6) is 1.34. The highest BCUT2D eigenvalue weighted by atomic mass is 35.5. The monoisotopic (exact) mass is 226 g/mol. The lowest BCUT2D eigenvalue weighted by Gasteiger charge is -2.12. The molecule has 0 atom stereocenters. The third kappa shape index (κ3) is 2.64. The van der Waals surface area contributed by atoms with Gasteiger partial charge >= 0.3 is 0 Å². The summed E-state index contributed by atoms with van der Waals surface area (Å²) in [6.45, 7) is 2.65. The van der Waals surface area contributed by atoms with Crippen LogP contribution in [0.5, 0.6) is 5.75 Å². The normalized spacial score (nSPS) is 15.4. The Hall–Kier alpha value is -0.730. The number of aryl methyl sites for hydroxylation is 1. The summed E-state index contributed by atoms with van der Waals surface area (Å²) in [7, 11) is 0. The molecule has 0 bridgehead atoms.